The van der Waals surface area contributed by atoms with Gasteiger partial charge in [0.25, 0.3) is 5.91 Å². The highest BCUT2D eigenvalue weighted by atomic mass is 35.5. The van der Waals surface area contributed by atoms with E-state index in [1.165, 1.54) is 37.0 Å². The molecule has 11 atom stereocenters. The van der Waals surface area contributed by atoms with E-state index in [2.05, 4.69) is 0 Å². The van der Waals surface area contributed by atoms with Crippen molar-refractivity contribution in [2.45, 2.75) is 169 Å². The van der Waals surface area contributed by atoms with Crippen LogP contribution in [0, 0.1) is 65.1 Å². The van der Waals surface area contributed by atoms with Gasteiger partial charge in [0, 0.05) is 60.9 Å². The predicted molar refractivity (Wildman–Crippen MR) is 255 cm³/mol. The highest BCUT2D eigenvalue weighted by molar-refractivity contribution is 6.52. The first-order valence-electron chi connectivity index (χ1n) is 24.3. The smallest absolute Gasteiger partial charge is 0.326 e. The molecule has 14 nitrogen and oxygen atoms in total. The number of nitrogens with two attached hydrogens (primary N) is 3. The van der Waals surface area contributed by atoms with Gasteiger partial charge in [-0.05, 0) is 62.2 Å². The average Bonchev–Trinajstić information content (AvgIpc) is 3.70. The van der Waals surface area contributed by atoms with E-state index in [0.29, 0.717) is 49.6 Å². The van der Waals surface area contributed by atoms with E-state index in [1.54, 1.807) is 4.90 Å². The Labute approximate surface area is 415 Å². The number of fused-ring (bicyclic) bond motifs is 2. The molecule has 19 heteroatoms. The molecule has 8 N–H and O–H groups in total. The van der Waals surface area contributed by atoms with E-state index in [4.69, 9.17) is 63.6 Å². The summed E-state index contributed by atoms with van der Waals surface area (Å²) in [6, 6.07) is -2.21. The molecule has 0 bridgehead atoms. The Morgan fingerprint density at radius 3 is 1.42 bits per heavy atom. The van der Waals surface area contributed by atoms with Crippen LogP contribution in [-0.4, -0.2) is 107 Å². The summed E-state index contributed by atoms with van der Waals surface area (Å²) in [6.45, 7) is 4.70. The van der Waals surface area contributed by atoms with Gasteiger partial charge in [-0.15, -0.1) is 58.8 Å². The molecule has 4 amide bonds. The van der Waals surface area contributed by atoms with Crippen LogP contribution in [0.5, 0.6) is 0 Å². The van der Waals surface area contributed by atoms with E-state index in [-0.39, 0.29) is 71.9 Å². The Hall–Kier alpha value is -1.94. The van der Waals surface area contributed by atoms with Crippen LogP contribution in [-0.2, 0) is 33.6 Å². The van der Waals surface area contributed by atoms with E-state index >= 15 is 0 Å². The lowest BCUT2D eigenvalue weighted by Gasteiger charge is -2.36. The number of ketones is 2. The number of hydrogen-bond acceptors (Lipinski definition) is 9. The molecule has 6 saturated carbocycles. The molecular formula is C47H72Cl5N5O9. The number of nitrogens with zero attached hydrogens (tertiary/aromatic N) is 2. The molecular weight excluding hydrogens is 956 g/mol. The van der Waals surface area contributed by atoms with Gasteiger partial charge in [-0.3, -0.25) is 28.8 Å². The fourth-order valence-electron chi connectivity index (χ4n) is 12.0. The number of aliphatic hydroxyl groups excluding tert-OH is 1. The van der Waals surface area contributed by atoms with Crippen LogP contribution >= 0.6 is 58.8 Å². The molecule has 2 aliphatic heterocycles. The lowest BCUT2D eigenvalue weighted by Crippen LogP contribution is -2.50. The van der Waals surface area contributed by atoms with Crippen molar-refractivity contribution in [1.82, 2.24) is 9.80 Å². The second-order valence-electron chi connectivity index (χ2n) is 20.9. The van der Waals surface area contributed by atoms with Gasteiger partial charge in [0.1, 0.15) is 20.8 Å². The van der Waals surface area contributed by atoms with Crippen LogP contribution in [0.2, 0.25) is 0 Å². The van der Waals surface area contributed by atoms with Gasteiger partial charge < -0.3 is 37.2 Å². The summed E-state index contributed by atoms with van der Waals surface area (Å²) in [4.78, 5) is 87.5. The molecule has 374 valence electrons. The number of carbonyl (C=O) groups excluding carboxylic acids is 6. The molecule has 0 aromatic heterocycles. The average molecular weight is 1030 g/mol. The third kappa shape index (κ3) is 12.1. The van der Waals surface area contributed by atoms with E-state index in [0.717, 1.165) is 70.6 Å². The van der Waals surface area contributed by atoms with Gasteiger partial charge in [0.15, 0.2) is 5.78 Å². The summed E-state index contributed by atoms with van der Waals surface area (Å²) >= 11 is 25.1. The van der Waals surface area contributed by atoms with Crippen molar-refractivity contribution in [2.24, 2.45) is 82.3 Å². The number of hydrogen-bond donors (Lipinski definition) is 5. The normalized spacial score (nSPS) is 30.8. The number of rotatable bonds is 16. The molecule has 0 aromatic carbocycles. The minimum absolute atomic E-state index is 0. The van der Waals surface area contributed by atoms with Gasteiger partial charge in [-0.25, -0.2) is 4.79 Å². The van der Waals surface area contributed by atoms with Crippen LogP contribution < -0.4 is 17.2 Å². The highest BCUT2D eigenvalue weighted by Crippen LogP contribution is 2.66. The molecule has 66 heavy (non-hydrogen) atoms. The van der Waals surface area contributed by atoms with Crippen molar-refractivity contribution in [1.29, 1.82) is 0 Å². The zero-order chi connectivity index (χ0) is 47.7. The second kappa shape index (κ2) is 22.9. The Balaban J connectivity index is 0.000000206. The zero-order valence-electron chi connectivity index (χ0n) is 38.3. The summed E-state index contributed by atoms with van der Waals surface area (Å²) < 4.78 is -1.95. The molecule has 2 heterocycles. The molecule has 0 aromatic rings. The van der Waals surface area contributed by atoms with E-state index in [9.17, 15) is 43.8 Å². The summed E-state index contributed by atoms with van der Waals surface area (Å²) in [5.74, 6) is -3.43. The number of piperidine rings is 2. The van der Waals surface area contributed by atoms with Crippen LogP contribution in [0.4, 0.5) is 0 Å². The van der Waals surface area contributed by atoms with E-state index in [1.807, 2.05) is 13.8 Å². The van der Waals surface area contributed by atoms with Crippen molar-refractivity contribution >= 4 is 100.0 Å². The van der Waals surface area contributed by atoms with Crippen LogP contribution in [0.1, 0.15) is 136 Å². The van der Waals surface area contributed by atoms with Crippen LogP contribution in [0.25, 0.3) is 0 Å². The fourth-order valence-corrected chi connectivity index (χ4v) is 13.6. The number of halogens is 5. The van der Waals surface area contributed by atoms with Crippen molar-refractivity contribution in [3.63, 3.8) is 0 Å². The SMILES string of the molecule is C[C@H](C(=O)N1C[C@H]2[C@@H]([C@H]1C(=O)CC(CC1CCC1)C(O)C(N)=O)C2(Cl)Cl)C1CCCCC1.C[C@H](C(=O)N1C[C@H]2[C@@H]([C@H]1C(=O)O)C2(Cl)Cl)C1CCCCC1.Cl.NC(=O)C(=O)C(N)CC1CCC1. The van der Waals surface area contributed by atoms with Crippen LogP contribution in [0.15, 0.2) is 0 Å². The van der Waals surface area contributed by atoms with Gasteiger partial charge >= 0.3 is 5.97 Å². The third-order valence-corrected chi connectivity index (χ3v) is 18.9. The standard InChI is InChI=1S/C24H36Cl2N2O4.C15H21Cl2NO3.C8H14N2O2.ClH/c1-13(15-8-3-2-4-9-15)23(32)28-12-17-19(24(17,25)26)20(28)18(29)11-16(21(30)22(27)31)10-14-6-5-7-14;1-8(9-5-3-2-4-6-9)13(19)18-7-10-11(15(10,16)17)12(18)14(20)21;9-6(7(11)8(10)12)4-5-2-1-3-5;/h13-17,19-21,30H,2-12H2,1H3,(H2,27,31);8-12H,2-7H2,1H3,(H,20,21);5-6H,1-4,9H2,(H2,10,12);1H/t13-,16?,17-,19-,20+,21?;8-,10-,11-,12-;;/m00../s1. The third-order valence-electron chi connectivity index (χ3n) is 16.8. The van der Waals surface area contributed by atoms with Gasteiger partial charge in [-0.1, -0.05) is 90.9 Å². The van der Waals surface area contributed by atoms with Gasteiger partial charge in [0.05, 0.1) is 12.1 Å². The zero-order valence-corrected chi connectivity index (χ0v) is 42.1. The maximum absolute atomic E-state index is 13.5. The van der Waals surface area contributed by atoms with Crippen LogP contribution in [0.3, 0.4) is 0 Å². The molecule has 8 rings (SSSR count). The van der Waals surface area contributed by atoms with Crippen molar-refractivity contribution in [3.05, 3.63) is 0 Å². The molecule has 8 fully saturated rings. The topological polar surface area (TPSA) is 244 Å². The number of aliphatic hydroxyl groups is 1. The lowest BCUT2D eigenvalue weighted by atomic mass is 9.75. The number of carboxylic acids is 1. The molecule has 3 unspecified atom stereocenters. The Morgan fingerprint density at radius 2 is 1.05 bits per heavy atom. The molecule has 8 aliphatic rings. The first-order chi connectivity index (χ1) is 30.6. The number of likely N-dealkylation sites (tertiary alicyclic amines) is 2. The first-order valence-corrected chi connectivity index (χ1v) is 25.8. The second-order valence-corrected chi connectivity index (χ2v) is 23.8. The Kier molecular flexibility index (Phi) is 19.1. The number of Topliss-reactive ketones (excluding diaryl/α,β-unsaturated/α-hetero) is 2. The number of alkyl halides is 4. The number of primary amides is 2. The number of carbonyl (C=O) groups is 7. The Morgan fingerprint density at radius 1 is 0.636 bits per heavy atom. The summed E-state index contributed by atoms with van der Waals surface area (Å²) in [5, 5.41) is 19.8. The van der Waals surface area contributed by atoms with Crippen molar-refractivity contribution < 1.29 is 43.8 Å². The number of amides is 4. The summed E-state index contributed by atoms with van der Waals surface area (Å²) in [5.41, 5.74) is 15.7. The quantitative estimate of drug-likeness (QED) is 0.0848. The fraction of sp³-hybridized carbons (Fsp3) is 0.851. The summed E-state index contributed by atoms with van der Waals surface area (Å²) in [7, 11) is 0. The lowest BCUT2D eigenvalue weighted by molar-refractivity contribution is -0.152. The Bertz CT molecular complexity index is 1790. The van der Waals surface area contributed by atoms with Gasteiger partial charge in [0.2, 0.25) is 23.5 Å². The maximum Gasteiger partial charge on any atom is 0.326 e. The maximum atomic E-state index is 13.5. The minimum atomic E-state index is -1.36. The predicted octanol–water partition coefficient (Wildman–Crippen LogP) is 6.34. The van der Waals surface area contributed by atoms with Crippen molar-refractivity contribution in [3.8, 4) is 0 Å². The number of aliphatic carboxylic acids is 1. The van der Waals surface area contributed by atoms with Crippen molar-refractivity contribution in [2.75, 3.05) is 13.1 Å². The van der Waals surface area contributed by atoms with Gasteiger partial charge in [-0.2, -0.15) is 0 Å². The van der Waals surface area contributed by atoms with E-state index < -0.39 is 62.4 Å². The molecule has 0 radical (unpaired) electrons. The summed E-state index contributed by atoms with van der Waals surface area (Å²) in [6.07, 6.45) is 17.9. The minimum Gasteiger partial charge on any atom is -0.480 e. The largest absolute Gasteiger partial charge is 0.480 e. The monoisotopic (exact) mass is 1030 g/mol. The highest BCUT2D eigenvalue weighted by Gasteiger charge is 2.75. The number of carboxylic acid groups (broad SMARTS) is 1. The molecule has 0 spiro atoms. The first kappa shape index (κ1) is 55.0. The molecule has 6 aliphatic carbocycles. The molecule has 2 saturated heterocycles.